The summed E-state index contributed by atoms with van der Waals surface area (Å²) in [6.07, 6.45) is 3.22. The number of piperidine rings is 1. The number of benzene rings is 1. The lowest BCUT2D eigenvalue weighted by Gasteiger charge is -2.34. The highest BCUT2D eigenvalue weighted by Crippen LogP contribution is 2.37. The summed E-state index contributed by atoms with van der Waals surface area (Å²) in [5.41, 5.74) is 1.45. The fraction of sp³-hybridized carbons (Fsp3) is 0.444. The molecule has 1 aromatic rings. The summed E-state index contributed by atoms with van der Waals surface area (Å²) in [6.45, 7) is 4.00. The van der Waals surface area contributed by atoms with Crippen LogP contribution in [0.4, 0.5) is 11.4 Å². The third-order valence-electron chi connectivity index (χ3n) is 4.22. The van der Waals surface area contributed by atoms with Crippen LogP contribution in [0.1, 0.15) is 19.8 Å². The van der Waals surface area contributed by atoms with Gasteiger partial charge in [0, 0.05) is 13.1 Å². The lowest BCUT2D eigenvalue weighted by Crippen LogP contribution is -2.33. The summed E-state index contributed by atoms with van der Waals surface area (Å²) < 4.78 is 9.33. The molecule has 0 saturated carbocycles. The lowest BCUT2D eigenvalue weighted by atomic mass is 9.98. The standard InChI is InChI=1S/C18H23ClN2O4/c1-12-7-9-21(10-8-12)17-13(19)5-4-6-14(17)20-15(18(23)25-3)11-16(22)24-2/h4-6,11-12,20H,7-10H2,1-3H3/b15-11+. The molecule has 0 unspecified atom stereocenters. The Balaban J connectivity index is 2.34. The Morgan fingerprint density at radius 3 is 2.52 bits per heavy atom. The van der Waals surface area contributed by atoms with Crippen molar-refractivity contribution in [2.75, 3.05) is 37.5 Å². The summed E-state index contributed by atoms with van der Waals surface area (Å²) in [7, 11) is 2.49. The first-order valence-electron chi connectivity index (χ1n) is 8.14. The van der Waals surface area contributed by atoms with Crippen LogP contribution in [0.3, 0.4) is 0 Å². The number of para-hydroxylation sites is 1. The number of rotatable bonds is 5. The maximum atomic E-state index is 12.0. The van der Waals surface area contributed by atoms with Crippen molar-refractivity contribution in [1.29, 1.82) is 0 Å². The first-order valence-corrected chi connectivity index (χ1v) is 8.52. The largest absolute Gasteiger partial charge is 0.466 e. The molecule has 1 aliphatic heterocycles. The van der Waals surface area contributed by atoms with Gasteiger partial charge in [0.05, 0.1) is 36.7 Å². The van der Waals surface area contributed by atoms with Gasteiger partial charge in [0.1, 0.15) is 5.70 Å². The highest BCUT2D eigenvalue weighted by Gasteiger charge is 2.22. The molecule has 0 radical (unpaired) electrons. The normalized spacial score (nSPS) is 15.7. The van der Waals surface area contributed by atoms with Crippen LogP contribution in [0.15, 0.2) is 30.0 Å². The number of carbonyl (C=O) groups excluding carboxylic acids is 2. The molecular formula is C18H23ClN2O4. The third kappa shape index (κ3) is 4.89. The van der Waals surface area contributed by atoms with Crippen molar-refractivity contribution in [3.05, 3.63) is 35.0 Å². The van der Waals surface area contributed by atoms with Crippen LogP contribution in [0.25, 0.3) is 0 Å². The number of nitrogens with one attached hydrogen (secondary N) is 1. The molecule has 1 N–H and O–H groups in total. The maximum Gasteiger partial charge on any atom is 0.354 e. The second kappa shape index (κ2) is 8.76. The molecule has 0 spiro atoms. The molecule has 0 aromatic heterocycles. The van der Waals surface area contributed by atoms with Gasteiger partial charge in [-0.05, 0) is 30.9 Å². The van der Waals surface area contributed by atoms with E-state index in [0.717, 1.165) is 37.7 Å². The van der Waals surface area contributed by atoms with E-state index in [2.05, 4.69) is 21.9 Å². The summed E-state index contributed by atoms with van der Waals surface area (Å²) in [5, 5.41) is 3.56. The van der Waals surface area contributed by atoms with E-state index >= 15 is 0 Å². The van der Waals surface area contributed by atoms with Crippen LogP contribution < -0.4 is 10.2 Å². The van der Waals surface area contributed by atoms with E-state index < -0.39 is 11.9 Å². The number of ether oxygens (including phenoxy) is 2. The van der Waals surface area contributed by atoms with Crippen molar-refractivity contribution in [2.24, 2.45) is 5.92 Å². The highest BCUT2D eigenvalue weighted by molar-refractivity contribution is 6.34. The molecule has 2 rings (SSSR count). The van der Waals surface area contributed by atoms with Crippen LogP contribution in [0.5, 0.6) is 0 Å². The number of methoxy groups -OCH3 is 2. The number of esters is 2. The molecule has 0 amide bonds. The Hall–Kier alpha value is -2.21. The van der Waals surface area contributed by atoms with Crippen molar-refractivity contribution in [3.63, 3.8) is 0 Å². The second-order valence-corrected chi connectivity index (χ2v) is 6.41. The van der Waals surface area contributed by atoms with Crippen molar-refractivity contribution >= 4 is 34.9 Å². The molecule has 1 heterocycles. The number of halogens is 1. The van der Waals surface area contributed by atoms with Gasteiger partial charge in [0.25, 0.3) is 0 Å². The monoisotopic (exact) mass is 366 g/mol. The minimum Gasteiger partial charge on any atom is -0.466 e. The van der Waals surface area contributed by atoms with Gasteiger partial charge in [-0.15, -0.1) is 0 Å². The lowest BCUT2D eigenvalue weighted by molar-refractivity contribution is -0.138. The average molecular weight is 367 g/mol. The predicted octanol–water partition coefficient (Wildman–Crippen LogP) is 3.22. The molecule has 1 saturated heterocycles. The van der Waals surface area contributed by atoms with Gasteiger partial charge in [0.15, 0.2) is 0 Å². The van der Waals surface area contributed by atoms with Gasteiger partial charge in [-0.2, -0.15) is 0 Å². The minimum atomic E-state index is -0.663. The molecular weight excluding hydrogens is 344 g/mol. The first-order chi connectivity index (χ1) is 12.0. The Kier molecular flexibility index (Phi) is 6.70. The van der Waals surface area contributed by atoms with Gasteiger partial charge in [0.2, 0.25) is 0 Å². The summed E-state index contributed by atoms with van der Waals surface area (Å²) in [6, 6.07) is 5.41. The van der Waals surface area contributed by atoms with Crippen molar-refractivity contribution in [2.45, 2.75) is 19.8 Å². The van der Waals surface area contributed by atoms with Crippen molar-refractivity contribution < 1.29 is 19.1 Å². The molecule has 6 nitrogen and oxygen atoms in total. The maximum absolute atomic E-state index is 12.0. The topological polar surface area (TPSA) is 67.9 Å². The van der Waals surface area contributed by atoms with E-state index in [1.54, 1.807) is 6.07 Å². The number of nitrogens with zero attached hydrogens (tertiary/aromatic N) is 1. The Labute approximate surface area is 152 Å². The smallest absolute Gasteiger partial charge is 0.354 e. The molecule has 0 atom stereocenters. The van der Waals surface area contributed by atoms with Crippen LogP contribution >= 0.6 is 11.6 Å². The van der Waals surface area contributed by atoms with Gasteiger partial charge in [-0.25, -0.2) is 9.59 Å². The van der Waals surface area contributed by atoms with E-state index in [1.165, 1.54) is 14.2 Å². The summed E-state index contributed by atoms with van der Waals surface area (Å²) >= 11 is 6.42. The highest BCUT2D eigenvalue weighted by atomic mass is 35.5. The number of anilines is 2. The van der Waals surface area contributed by atoms with Crippen LogP contribution in [0, 0.1) is 5.92 Å². The summed E-state index contributed by atoms with van der Waals surface area (Å²) in [4.78, 5) is 25.7. The zero-order chi connectivity index (χ0) is 18.4. The number of carbonyl (C=O) groups is 2. The van der Waals surface area contributed by atoms with E-state index in [9.17, 15) is 9.59 Å². The van der Waals surface area contributed by atoms with Gasteiger partial charge in [-0.3, -0.25) is 0 Å². The average Bonchev–Trinajstić information content (AvgIpc) is 2.61. The zero-order valence-corrected chi connectivity index (χ0v) is 15.4. The summed E-state index contributed by atoms with van der Waals surface area (Å²) in [5.74, 6) is -0.633. The van der Waals surface area contributed by atoms with Crippen LogP contribution in [-0.2, 0) is 19.1 Å². The van der Waals surface area contributed by atoms with E-state index in [4.69, 9.17) is 16.3 Å². The van der Waals surface area contributed by atoms with Crippen molar-refractivity contribution in [1.82, 2.24) is 0 Å². The van der Waals surface area contributed by atoms with E-state index in [-0.39, 0.29) is 5.70 Å². The fourth-order valence-electron chi connectivity index (χ4n) is 2.75. The molecule has 1 fully saturated rings. The molecule has 7 heteroatoms. The number of hydrogen-bond donors (Lipinski definition) is 1. The van der Waals surface area contributed by atoms with Gasteiger partial charge in [-0.1, -0.05) is 24.6 Å². The van der Waals surface area contributed by atoms with E-state index in [1.807, 2.05) is 12.1 Å². The van der Waals surface area contributed by atoms with Gasteiger partial charge < -0.3 is 19.7 Å². The first kappa shape index (κ1) is 19.1. The predicted molar refractivity (Wildman–Crippen MR) is 97.8 cm³/mol. The Morgan fingerprint density at radius 2 is 1.92 bits per heavy atom. The molecule has 1 aromatic carbocycles. The minimum absolute atomic E-state index is 0.0109. The Bertz CT molecular complexity index is 667. The third-order valence-corrected chi connectivity index (χ3v) is 4.53. The van der Waals surface area contributed by atoms with E-state index in [0.29, 0.717) is 16.6 Å². The van der Waals surface area contributed by atoms with Crippen LogP contribution in [0.2, 0.25) is 5.02 Å². The molecule has 1 aliphatic rings. The van der Waals surface area contributed by atoms with Gasteiger partial charge >= 0.3 is 11.9 Å². The second-order valence-electron chi connectivity index (χ2n) is 6.00. The molecule has 0 aliphatic carbocycles. The molecule has 136 valence electrons. The number of hydrogen-bond acceptors (Lipinski definition) is 6. The SMILES string of the molecule is COC(=O)/C=C(/Nc1cccc(Cl)c1N1CCC(C)CC1)C(=O)OC. The molecule has 0 bridgehead atoms. The zero-order valence-electron chi connectivity index (χ0n) is 14.7. The fourth-order valence-corrected chi connectivity index (χ4v) is 3.04. The van der Waals surface area contributed by atoms with Crippen LogP contribution in [-0.4, -0.2) is 39.2 Å². The quantitative estimate of drug-likeness (QED) is 0.637. The Morgan fingerprint density at radius 1 is 1.24 bits per heavy atom. The van der Waals surface area contributed by atoms with Crippen molar-refractivity contribution in [3.8, 4) is 0 Å². The molecule has 25 heavy (non-hydrogen) atoms.